The van der Waals surface area contributed by atoms with Crippen molar-refractivity contribution in [2.45, 2.75) is 0 Å². The third kappa shape index (κ3) is 8.73. The highest BCUT2D eigenvalue weighted by Gasteiger charge is 2.23. The van der Waals surface area contributed by atoms with Gasteiger partial charge in [0.15, 0.2) is 0 Å². The first-order valence-corrected chi connectivity index (χ1v) is 26.4. The van der Waals surface area contributed by atoms with Crippen molar-refractivity contribution in [2.24, 2.45) is 0 Å². The van der Waals surface area contributed by atoms with Crippen molar-refractivity contribution in [2.75, 3.05) is 9.80 Å². The van der Waals surface area contributed by atoms with E-state index in [9.17, 15) is 0 Å². The maximum absolute atomic E-state index is 7.34. The van der Waals surface area contributed by atoms with Gasteiger partial charge in [0.25, 0.3) is 0 Å². The van der Waals surface area contributed by atoms with Gasteiger partial charge in [0.05, 0.1) is 54.5 Å². The molecule has 14 rings (SSSR count). The Morgan fingerprint density at radius 2 is 0.877 bits per heavy atom. The van der Waals surface area contributed by atoms with Crippen LogP contribution in [0, 0.1) is 0 Å². The Morgan fingerprint density at radius 3 is 1.53 bits per heavy atom. The number of nitrogens with one attached hydrogen (secondary N) is 1. The lowest BCUT2D eigenvalue weighted by Gasteiger charge is -2.27. The van der Waals surface area contributed by atoms with Crippen molar-refractivity contribution >= 4 is 155 Å². The Labute approximate surface area is 444 Å². The normalized spacial score (nSPS) is 11.2. The zero-order chi connectivity index (χ0) is 49.3. The summed E-state index contributed by atoms with van der Waals surface area (Å²) in [6.07, 6.45) is 7.47. The number of aromatic amines is 1. The maximum atomic E-state index is 7.34. The second-order valence-electron chi connectivity index (χ2n) is 17.1. The van der Waals surface area contributed by atoms with E-state index in [2.05, 4.69) is 186 Å². The van der Waals surface area contributed by atoms with Crippen molar-refractivity contribution in [1.29, 1.82) is 0 Å². The van der Waals surface area contributed by atoms with Crippen LogP contribution in [-0.4, -0.2) is 19.5 Å². The van der Waals surface area contributed by atoms with Crippen LogP contribution in [0.3, 0.4) is 0 Å². The first-order valence-electron chi connectivity index (χ1n) is 23.5. The fraction of sp³-hybridized carbons (Fsp3) is 0. The van der Waals surface area contributed by atoms with Crippen LogP contribution in [0.2, 0.25) is 15.1 Å². The molecule has 352 valence electrons. The average Bonchev–Trinajstić information content (AvgIpc) is 4.24. The van der Waals surface area contributed by atoms with Crippen LogP contribution < -0.4 is 9.80 Å². The highest BCUT2D eigenvalue weighted by atomic mass is 35.5. The van der Waals surface area contributed by atoms with E-state index in [1.807, 2.05) is 79.3 Å². The number of thiophene rings is 2. The van der Waals surface area contributed by atoms with Crippen LogP contribution in [0.15, 0.2) is 242 Å². The van der Waals surface area contributed by atoms with Crippen LogP contribution in [0.25, 0.3) is 69.5 Å². The quantitative estimate of drug-likeness (QED) is 0.173. The summed E-state index contributed by atoms with van der Waals surface area (Å²) in [6.45, 7) is 0. The van der Waals surface area contributed by atoms with Gasteiger partial charge in [-0.15, -0.1) is 22.7 Å². The molecule has 11 heteroatoms. The van der Waals surface area contributed by atoms with Crippen LogP contribution in [-0.2, 0) is 0 Å². The molecule has 0 spiro atoms. The van der Waals surface area contributed by atoms with Crippen LogP contribution in [0.1, 0.15) is 0 Å². The molecule has 0 aliphatic carbocycles. The van der Waals surface area contributed by atoms with Gasteiger partial charge >= 0.3 is 0 Å². The lowest BCUT2D eigenvalue weighted by atomic mass is 10.1. The number of fused-ring (bicyclic) bond motifs is 8. The van der Waals surface area contributed by atoms with Gasteiger partial charge in [-0.05, 0) is 84.9 Å². The molecule has 0 fully saturated rings. The number of hydrogen-bond donors (Lipinski definition) is 1. The van der Waals surface area contributed by atoms with E-state index in [1.165, 1.54) is 36.5 Å². The molecular weight excluding hydrogens is 999 g/mol. The molecule has 0 aliphatic rings. The average molecular weight is 1040 g/mol. The summed E-state index contributed by atoms with van der Waals surface area (Å²) >= 11 is 23.6. The van der Waals surface area contributed by atoms with Crippen molar-refractivity contribution in [3.8, 4) is 5.69 Å². The van der Waals surface area contributed by atoms with Gasteiger partial charge in [0.2, 0.25) is 0 Å². The predicted molar refractivity (Wildman–Crippen MR) is 314 cm³/mol. The SMILES string of the molecule is Clc1c(N(c2ccccc2)c2csc3ccccc23)cccc1-n1c2ccccc2c2cnccc21.Clc1cccc(N(c2ccccc2)c2csc3ccccc23)c1Cl.c1ccc2c(c1)[nH]c1ccncc12. The Bertz CT molecular complexity index is 4140. The number of anilines is 6. The molecule has 1 N–H and O–H groups in total. The van der Waals surface area contributed by atoms with Gasteiger partial charge in [-0.25, -0.2) is 0 Å². The van der Waals surface area contributed by atoms with E-state index < -0.39 is 0 Å². The van der Waals surface area contributed by atoms with Crippen molar-refractivity contribution < 1.29 is 0 Å². The number of aromatic nitrogens is 4. The molecule has 8 aromatic carbocycles. The number of H-pyrrole nitrogens is 1. The van der Waals surface area contributed by atoms with Crippen molar-refractivity contribution in [3.05, 3.63) is 257 Å². The summed E-state index contributed by atoms with van der Waals surface area (Å²) in [5, 5.41) is 13.3. The Hall–Kier alpha value is -7.95. The number of hydrogen-bond acceptors (Lipinski definition) is 6. The second-order valence-corrected chi connectivity index (χ2v) is 20.1. The number of pyridine rings is 2. The van der Waals surface area contributed by atoms with E-state index in [-0.39, 0.29) is 0 Å². The van der Waals surface area contributed by atoms with Gasteiger partial charge in [-0.3, -0.25) is 9.97 Å². The number of para-hydroxylation sites is 4. The highest BCUT2D eigenvalue weighted by molar-refractivity contribution is 7.18. The molecule has 0 bridgehead atoms. The first kappa shape index (κ1) is 46.1. The molecule has 0 unspecified atom stereocenters. The molecule has 0 radical (unpaired) electrons. The second kappa shape index (κ2) is 20.3. The number of halogens is 3. The van der Waals surface area contributed by atoms with Crippen LogP contribution in [0.4, 0.5) is 34.1 Å². The van der Waals surface area contributed by atoms with Gasteiger partial charge in [0, 0.05) is 99.7 Å². The minimum atomic E-state index is 0.551. The smallest absolute Gasteiger partial charge is 0.0887 e. The third-order valence-corrected chi connectivity index (χ3v) is 15.9. The zero-order valence-electron chi connectivity index (χ0n) is 38.8. The molecule has 0 atom stereocenters. The summed E-state index contributed by atoms with van der Waals surface area (Å²) in [5.74, 6) is 0. The molecule has 6 aromatic heterocycles. The maximum Gasteiger partial charge on any atom is 0.0887 e. The first-order chi connectivity index (χ1) is 36.0. The highest BCUT2D eigenvalue weighted by Crippen LogP contribution is 2.48. The number of nitrogens with zero attached hydrogens (tertiary/aromatic N) is 5. The lowest BCUT2D eigenvalue weighted by Crippen LogP contribution is -2.11. The van der Waals surface area contributed by atoms with Gasteiger partial charge in [-0.2, -0.15) is 0 Å². The fourth-order valence-electron chi connectivity index (χ4n) is 9.53. The minimum Gasteiger partial charge on any atom is -0.354 e. The molecule has 6 heterocycles. The van der Waals surface area contributed by atoms with Crippen molar-refractivity contribution in [1.82, 2.24) is 19.5 Å². The Kier molecular flexibility index (Phi) is 12.8. The minimum absolute atomic E-state index is 0.551. The van der Waals surface area contributed by atoms with Crippen LogP contribution in [0.5, 0.6) is 0 Å². The van der Waals surface area contributed by atoms with Crippen LogP contribution >= 0.6 is 57.5 Å². The lowest BCUT2D eigenvalue weighted by molar-refractivity contribution is 1.17. The molecule has 0 saturated carbocycles. The molecule has 0 amide bonds. The molecule has 73 heavy (non-hydrogen) atoms. The third-order valence-electron chi connectivity index (χ3n) is 12.8. The number of rotatable bonds is 7. The van der Waals surface area contributed by atoms with Crippen molar-refractivity contribution in [3.63, 3.8) is 0 Å². The number of benzene rings is 8. The van der Waals surface area contributed by atoms with Gasteiger partial charge in [-0.1, -0.05) is 156 Å². The van der Waals surface area contributed by atoms with E-state index in [1.54, 1.807) is 28.9 Å². The van der Waals surface area contributed by atoms with E-state index in [0.717, 1.165) is 67.1 Å². The zero-order valence-corrected chi connectivity index (χ0v) is 42.7. The molecule has 6 nitrogen and oxygen atoms in total. The summed E-state index contributed by atoms with van der Waals surface area (Å²) in [7, 11) is 0. The summed E-state index contributed by atoms with van der Waals surface area (Å²) in [6, 6.07) is 70.2. The molecule has 0 saturated heterocycles. The summed E-state index contributed by atoms with van der Waals surface area (Å²) in [5.41, 5.74) is 11.6. The standard InChI is InChI=1S/C31H20ClN3S.C20H13Cl2NS.C11H8N2/c32-31-27(34(21-9-2-1-3-10-21)29-20-36-30-16-7-5-12-23(29)30)14-8-15-28(31)35-25-13-6-4-11-22(25)24-19-33-18-17-26(24)35;21-16-10-6-11-17(20(16)22)23(14-7-2-1-3-8-14)18-13-24-19-12-5-4-9-15(18)19;1-2-4-10-8(3-1)9-7-12-6-5-11(9)13-10/h1-20H;1-13H;1-7,13H. The van der Waals surface area contributed by atoms with Gasteiger partial charge < -0.3 is 19.4 Å². The van der Waals surface area contributed by atoms with Gasteiger partial charge in [0.1, 0.15) is 0 Å². The van der Waals surface area contributed by atoms with E-state index >= 15 is 0 Å². The molecule has 14 aromatic rings. The summed E-state index contributed by atoms with van der Waals surface area (Å²) < 4.78 is 4.73. The van der Waals surface area contributed by atoms with E-state index in [0.29, 0.717) is 15.1 Å². The molecular formula is C62H41Cl3N6S2. The Balaban J connectivity index is 0.000000125. The monoisotopic (exact) mass is 1040 g/mol. The summed E-state index contributed by atoms with van der Waals surface area (Å²) in [4.78, 5) is 16.3. The molecule has 0 aliphatic heterocycles. The largest absolute Gasteiger partial charge is 0.354 e. The topological polar surface area (TPSA) is 53.0 Å². The Morgan fingerprint density at radius 1 is 0.384 bits per heavy atom. The van der Waals surface area contributed by atoms with E-state index in [4.69, 9.17) is 34.8 Å². The predicted octanol–water partition coefficient (Wildman–Crippen LogP) is 19.9. The fourth-order valence-corrected chi connectivity index (χ4v) is 12.1.